The summed E-state index contributed by atoms with van der Waals surface area (Å²) in [5, 5.41) is 3.72. The number of thiazole rings is 1. The van der Waals surface area contributed by atoms with Crippen LogP contribution in [0.25, 0.3) is 10.9 Å². The third-order valence-electron chi connectivity index (χ3n) is 3.76. The van der Waals surface area contributed by atoms with Crippen molar-refractivity contribution in [1.82, 2.24) is 14.9 Å². The minimum Gasteiger partial charge on any atom is -0.497 e. The minimum absolute atomic E-state index is 0.0494. The second-order valence-corrected chi connectivity index (χ2v) is 6.68. The monoisotopic (exact) mass is 341 g/mol. The van der Waals surface area contributed by atoms with Crippen LogP contribution in [0.5, 0.6) is 5.75 Å². The van der Waals surface area contributed by atoms with Crippen LogP contribution in [0, 0.1) is 13.8 Å². The largest absolute Gasteiger partial charge is 0.497 e. The molecule has 24 heavy (non-hydrogen) atoms. The average Bonchev–Trinajstić information content (AvgIpc) is 2.97. The molecule has 124 valence electrons. The van der Waals surface area contributed by atoms with E-state index >= 15 is 0 Å². The first-order valence-electron chi connectivity index (χ1n) is 7.60. The molecule has 2 aromatic heterocycles. The maximum absolute atomic E-state index is 13.0. The molecule has 0 saturated carbocycles. The fourth-order valence-corrected chi connectivity index (χ4v) is 3.42. The first-order valence-corrected chi connectivity index (χ1v) is 8.48. The van der Waals surface area contributed by atoms with Crippen molar-refractivity contribution in [2.45, 2.75) is 20.4 Å². The van der Waals surface area contributed by atoms with Gasteiger partial charge in [0.05, 0.1) is 24.7 Å². The maximum Gasteiger partial charge on any atom is 0.254 e. The fourth-order valence-electron chi connectivity index (χ4n) is 2.60. The van der Waals surface area contributed by atoms with Gasteiger partial charge in [-0.25, -0.2) is 4.98 Å². The molecule has 0 fully saturated rings. The van der Waals surface area contributed by atoms with E-state index in [1.165, 1.54) is 0 Å². The number of aromatic nitrogens is 2. The number of nitrogens with zero attached hydrogens (tertiary/aromatic N) is 3. The maximum atomic E-state index is 13.0. The molecule has 6 heteroatoms. The molecule has 2 heterocycles. The molecule has 0 unspecified atom stereocenters. The first kappa shape index (κ1) is 16.4. The Morgan fingerprint density at radius 1 is 1.21 bits per heavy atom. The second kappa shape index (κ2) is 6.57. The van der Waals surface area contributed by atoms with Gasteiger partial charge in [0.25, 0.3) is 5.91 Å². The lowest BCUT2D eigenvalue weighted by Crippen LogP contribution is -2.26. The van der Waals surface area contributed by atoms with Crippen LogP contribution < -0.4 is 4.74 Å². The summed E-state index contributed by atoms with van der Waals surface area (Å²) < 4.78 is 5.29. The SMILES string of the molecule is COc1ccc2nc(C)cc(C(=O)N(C)Cc3nc(C)cs3)c2c1. The smallest absolute Gasteiger partial charge is 0.254 e. The highest BCUT2D eigenvalue weighted by Crippen LogP contribution is 2.25. The molecular formula is C18H19N3O2S. The van der Waals surface area contributed by atoms with E-state index in [4.69, 9.17) is 4.74 Å². The Bertz CT molecular complexity index is 904. The van der Waals surface area contributed by atoms with Crippen molar-refractivity contribution in [3.05, 3.63) is 51.6 Å². The molecule has 0 spiro atoms. The van der Waals surface area contributed by atoms with Crippen LogP contribution in [0.4, 0.5) is 0 Å². The Kier molecular flexibility index (Phi) is 4.49. The molecule has 0 saturated heterocycles. The van der Waals surface area contributed by atoms with Crippen molar-refractivity contribution in [3.8, 4) is 5.75 Å². The highest BCUT2D eigenvalue weighted by atomic mass is 32.1. The average molecular weight is 341 g/mol. The van der Waals surface area contributed by atoms with Crippen LogP contribution in [0.1, 0.15) is 26.8 Å². The Morgan fingerprint density at radius 3 is 2.67 bits per heavy atom. The third-order valence-corrected chi connectivity index (χ3v) is 4.71. The number of amides is 1. The zero-order chi connectivity index (χ0) is 17.3. The van der Waals surface area contributed by atoms with E-state index < -0.39 is 0 Å². The third kappa shape index (κ3) is 3.23. The first-order chi connectivity index (χ1) is 11.5. The van der Waals surface area contributed by atoms with Gasteiger partial charge in [0.15, 0.2) is 0 Å². The highest BCUT2D eigenvalue weighted by molar-refractivity contribution is 7.09. The second-order valence-electron chi connectivity index (χ2n) is 5.74. The van der Waals surface area contributed by atoms with Gasteiger partial charge < -0.3 is 9.64 Å². The lowest BCUT2D eigenvalue weighted by Gasteiger charge is -2.17. The van der Waals surface area contributed by atoms with Gasteiger partial charge in [0, 0.05) is 29.2 Å². The molecule has 1 aromatic carbocycles. The molecule has 0 aliphatic carbocycles. The van der Waals surface area contributed by atoms with Gasteiger partial charge in [0.2, 0.25) is 0 Å². The van der Waals surface area contributed by atoms with Crippen molar-refractivity contribution < 1.29 is 9.53 Å². The van der Waals surface area contributed by atoms with Gasteiger partial charge in [-0.05, 0) is 38.1 Å². The summed E-state index contributed by atoms with van der Waals surface area (Å²) in [6.07, 6.45) is 0. The molecule has 0 aliphatic heterocycles. The fraction of sp³-hybridized carbons (Fsp3) is 0.278. The summed E-state index contributed by atoms with van der Waals surface area (Å²) in [7, 11) is 3.40. The van der Waals surface area contributed by atoms with Gasteiger partial charge in [-0.15, -0.1) is 11.3 Å². The number of benzene rings is 1. The summed E-state index contributed by atoms with van der Waals surface area (Å²) in [5.74, 6) is 0.659. The minimum atomic E-state index is -0.0494. The van der Waals surface area contributed by atoms with Crippen LogP contribution in [0.2, 0.25) is 0 Å². The molecule has 3 rings (SSSR count). The number of ether oxygens (including phenoxy) is 1. The molecule has 0 aliphatic rings. The van der Waals surface area contributed by atoms with Crippen molar-refractivity contribution in [2.75, 3.05) is 14.2 Å². The molecule has 0 atom stereocenters. The number of hydrogen-bond acceptors (Lipinski definition) is 5. The van der Waals surface area contributed by atoms with E-state index in [1.54, 1.807) is 30.4 Å². The van der Waals surface area contributed by atoms with Crippen molar-refractivity contribution >= 4 is 28.1 Å². The topological polar surface area (TPSA) is 55.3 Å². The van der Waals surface area contributed by atoms with Crippen molar-refractivity contribution in [2.24, 2.45) is 0 Å². The van der Waals surface area contributed by atoms with Crippen LogP contribution in [0.3, 0.4) is 0 Å². The van der Waals surface area contributed by atoms with Crippen LogP contribution >= 0.6 is 11.3 Å². The number of fused-ring (bicyclic) bond motifs is 1. The summed E-state index contributed by atoms with van der Waals surface area (Å²) in [4.78, 5) is 23.6. The van der Waals surface area contributed by atoms with Gasteiger partial charge >= 0.3 is 0 Å². The molecule has 5 nitrogen and oxygen atoms in total. The summed E-state index contributed by atoms with van der Waals surface area (Å²) >= 11 is 1.57. The number of carbonyl (C=O) groups excluding carboxylic acids is 1. The number of methoxy groups -OCH3 is 1. The van der Waals surface area contributed by atoms with E-state index in [2.05, 4.69) is 9.97 Å². The number of aryl methyl sites for hydroxylation is 2. The predicted molar refractivity (Wildman–Crippen MR) is 95.7 cm³/mol. The number of hydrogen-bond donors (Lipinski definition) is 0. The molecule has 3 aromatic rings. The van der Waals surface area contributed by atoms with E-state index in [0.717, 1.165) is 27.3 Å². The molecular weight excluding hydrogens is 322 g/mol. The van der Waals surface area contributed by atoms with Gasteiger partial charge in [0.1, 0.15) is 10.8 Å². The lowest BCUT2D eigenvalue weighted by molar-refractivity contribution is 0.0786. The Hall–Kier alpha value is -2.47. The van der Waals surface area contributed by atoms with E-state index in [1.807, 2.05) is 43.5 Å². The van der Waals surface area contributed by atoms with E-state index in [0.29, 0.717) is 17.9 Å². The Morgan fingerprint density at radius 2 is 2.00 bits per heavy atom. The highest BCUT2D eigenvalue weighted by Gasteiger charge is 2.18. The van der Waals surface area contributed by atoms with Crippen LogP contribution in [-0.4, -0.2) is 34.9 Å². The summed E-state index contributed by atoms with van der Waals surface area (Å²) in [5.41, 5.74) is 3.21. The Balaban J connectivity index is 1.98. The molecule has 0 bridgehead atoms. The van der Waals surface area contributed by atoms with Crippen molar-refractivity contribution in [1.29, 1.82) is 0 Å². The van der Waals surface area contributed by atoms with Crippen LogP contribution in [0.15, 0.2) is 29.6 Å². The van der Waals surface area contributed by atoms with Crippen molar-refractivity contribution in [3.63, 3.8) is 0 Å². The van der Waals surface area contributed by atoms with Gasteiger partial charge in [-0.3, -0.25) is 9.78 Å². The van der Waals surface area contributed by atoms with E-state index in [-0.39, 0.29) is 5.91 Å². The number of rotatable bonds is 4. The summed E-state index contributed by atoms with van der Waals surface area (Å²) in [6, 6.07) is 7.41. The van der Waals surface area contributed by atoms with E-state index in [9.17, 15) is 4.79 Å². The van der Waals surface area contributed by atoms with Crippen LogP contribution in [-0.2, 0) is 6.54 Å². The summed E-state index contributed by atoms with van der Waals surface area (Å²) in [6.45, 7) is 4.34. The molecule has 1 amide bonds. The lowest BCUT2D eigenvalue weighted by atomic mass is 10.1. The number of pyridine rings is 1. The zero-order valence-electron chi connectivity index (χ0n) is 14.2. The Labute approximate surface area is 144 Å². The number of carbonyl (C=O) groups is 1. The predicted octanol–water partition coefficient (Wildman–Crippen LogP) is 3.59. The van der Waals surface area contributed by atoms with Gasteiger partial charge in [-0.1, -0.05) is 0 Å². The molecule has 0 radical (unpaired) electrons. The standard InChI is InChI=1S/C18H19N3O2S/c1-11-7-15(14-8-13(23-4)5-6-16(14)19-11)18(22)21(3)9-17-20-12(2)10-24-17/h5-8,10H,9H2,1-4H3. The normalized spacial score (nSPS) is 10.8. The van der Waals surface area contributed by atoms with Gasteiger partial charge in [-0.2, -0.15) is 0 Å². The quantitative estimate of drug-likeness (QED) is 0.728. The molecule has 0 N–H and O–H groups in total. The zero-order valence-corrected chi connectivity index (χ0v) is 15.0.